The van der Waals surface area contributed by atoms with Gasteiger partial charge in [0.25, 0.3) is 0 Å². The first-order chi connectivity index (χ1) is 16.5. The summed E-state index contributed by atoms with van der Waals surface area (Å²) >= 11 is 0. The first-order valence-corrected chi connectivity index (χ1v) is 11.0. The van der Waals surface area contributed by atoms with E-state index in [0.717, 1.165) is 22.9 Å². The summed E-state index contributed by atoms with van der Waals surface area (Å²) in [6, 6.07) is 9.23. The van der Waals surface area contributed by atoms with Crippen LogP contribution in [-0.4, -0.2) is 54.8 Å². The molecule has 1 saturated heterocycles. The molecule has 0 bridgehead atoms. The highest BCUT2D eigenvalue weighted by Gasteiger charge is 2.19. The second-order valence-corrected chi connectivity index (χ2v) is 8.03. The van der Waals surface area contributed by atoms with Gasteiger partial charge in [0.05, 0.1) is 45.3 Å². The van der Waals surface area contributed by atoms with Gasteiger partial charge in [-0.3, -0.25) is 5.32 Å². The van der Waals surface area contributed by atoms with Crippen LogP contribution >= 0.6 is 0 Å². The normalized spacial score (nSPS) is 17.9. The monoisotopic (exact) mass is 464 g/mol. The Kier molecular flexibility index (Phi) is 7.33. The molecule has 1 aliphatic rings. The van der Waals surface area contributed by atoms with Gasteiger partial charge in [0.15, 0.2) is 11.5 Å². The van der Waals surface area contributed by atoms with Crippen LogP contribution in [0.15, 0.2) is 42.2 Å². The number of rotatable bonds is 9. The molecule has 3 aromatic rings. The van der Waals surface area contributed by atoms with E-state index in [-0.39, 0.29) is 17.7 Å². The van der Waals surface area contributed by atoms with Crippen molar-refractivity contribution in [1.82, 2.24) is 15.3 Å². The second-order valence-electron chi connectivity index (χ2n) is 8.03. The Morgan fingerprint density at radius 2 is 2.15 bits per heavy atom. The van der Waals surface area contributed by atoms with Crippen molar-refractivity contribution in [3.05, 3.63) is 53.4 Å². The van der Waals surface area contributed by atoms with Gasteiger partial charge in [-0.25, -0.2) is 4.98 Å². The maximum Gasteiger partial charge on any atom is 0.161 e. The highest BCUT2D eigenvalue weighted by Crippen LogP contribution is 2.30. The zero-order valence-corrected chi connectivity index (χ0v) is 19.4. The van der Waals surface area contributed by atoms with Crippen molar-refractivity contribution in [1.29, 1.82) is 5.26 Å². The number of aromatic amines is 1. The van der Waals surface area contributed by atoms with E-state index in [4.69, 9.17) is 18.9 Å². The predicted molar refractivity (Wildman–Crippen MR) is 127 cm³/mol. The molecule has 0 saturated carbocycles. The summed E-state index contributed by atoms with van der Waals surface area (Å²) in [5, 5.41) is 24.3. The van der Waals surface area contributed by atoms with Crippen LogP contribution in [0.2, 0.25) is 0 Å². The van der Waals surface area contributed by atoms with Crippen molar-refractivity contribution < 1.29 is 24.1 Å². The van der Waals surface area contributed by atoms with Crippen LogP contribution in [0, 0.1) is 11.3 Å². The summed E-state index contributed by atoms with van der Waals surface area (Å²) in [5.41, 5.74) is 2.44. The van der Waals surface area contributed by atoms with Gasteiger partial charge >= 0.3 is 0 Å². The van der Waals surface area contributed by atoms with Gasteiger partial charge in [-0.1, -0.05) is 6.07 Å². The molecule has 9 nitrogen and oxygen atoms in total. The third-order valence-electron chi connectivity index (χ3n) is 5.78. The van der Waals surface area contributed by atoms with Crippen LogP contribution in [0.5, 0.6) is 17.2 Å². The van der Waals surface area contributed by atoms with Gasteiger partial charge in [-0.15, -0.1) is 0 Å². The lowest BCUT2D eigenvalue weighted by Gasteiger charge is -2.20. The maximum absolute atomic E-state index is 10.8. The van der Waals surface area contributed by atoms with Gasteiger partial charge < -0.3 is 29.0 Å². The number of fused-ring (bicyclic) bond motifs is 1. The Bertz CT molecular complexity index is 1210. The van der Waals surface area contributed by atoms with Crippen LogP contribution in [0.4, 0.5) is 0 Å². The molecule has 1 aromatic carbocycles. The van der Waals surface area contributed by atoms with Gasteiger partial charge in [0, 0.05) is 29.6 Å². The molecule has 3 N–H and O–H groups in total. The zero-order valence-electron chi connectivity index (χ0n) is 19.4. The van der Waals surface area contributed by atoms with Crippen LogP contribution < -0.4 is 19.5 Å². The van der Waals surface area contributed by atoms with Crippen molar-refractivity contribution in [2.24, 2.45) is 0 Å². The fraction of sp³-hybridized carbons (Fsp3) is 0.360. The first-order valence-electron chi connectivity index (χ1n) is 11.0. The predicted octanol–water partition coefficient (Wildman–Crippen LogP) is 3.32. The quantitative estimate of drug-likeness (QED) is 0.326. The van der Waals surface area contributed by atoms with Crippen LogP contribution in [0.3, 0.4) is 0 Å². The van der Waals surface area contributed by atoms with Crippen molar-refractivity contribution >= 4 is 17.1 Å². The number of nitrogens with one attached hydrogen (secondary N) is 2. The highest BCUT2D eigenvalue weighted by atomic mass is 16.5. The standard InChI is InChI=1S/C25H28N4O5/c1-15(16-4-5-22(31-2)23(9-16)32-3)29-25(30)17(11-26)8-18-12-27-24-21(18)10-20(13-28-24)34-19-6-7-33-14-19/h4-5,8-10,12-13,15,19,25,29-30H,6-7,14H2,1-3H3,(H,27,28)/b17-8+/t15-,19?,25?/m1/s1. The minimum absolute atomic E-state index is 0.0101. The largest absolute Gasteiger partial charge is 0.493 e. The molecule has 2 unspecified atom stereocenters. The molecule has 9 heteroatoms. The number of nitriles is 1. The van der Waals surface area contributed by atoms with Crippen LogP contribution in [-0.2, 0) is 4.74 Å². The number of hydrogen-bond acceptors (Lipinski definition) is 8. The number of benzene rings is 1. The Labute approximate surface area is 197 Å². The van der Waals surface area contributed by atoms with E-state index >= 15 is 0 Å². The van der Waals surface area contributed by atoms with E-state index in [1.807, 2.05) is 25.1 Å². The molecule has 1 fully saturated rings. The van der Waals surface area contributed by atoms with E-state index in [0.29, 0.717) is 36.1 Å². The Morgan fingerprint density at radius 3 is 2.85 bits per heavy atom. The fourth-order valence-electron chi connectivity index (χ4n) is 3.87. The highest BCUT2D eigenvalue weighted by molar-refractivity contribution is 5.88. The summed E-state index contributed by atoms with van der Waals surface area (Å²) in [5.74, 6) is 1.84. The first kappa shape index (κ1) is 23.6. The fourth-order valence-corrected chi connectivity index (χ4v) is 3.87. The number of aromatic nitrogens is 2. The average Bonchev–Trinajstić information content (AvgIpc) is 3.51. The molecule has 34 heavy (non-hydrogen) atoms. The minimum atomic E-state index is -1.18. The molecule has 0 spiro atoms. The van der Waals surface area contributed by atoms with E-state index < -0.39 is 6.23 Å². The minimum Gasteiger partial charge on any atom is -0.493 e. The lowest BCUT2D eigenvalue weighted by molar-refractivity contribution is 0.141. The molecule has 0 aliphatic carbocycles. The zero-order chi connectivity index (χ0) is 24.1. The summed E-state index contributed by atoms with van der Waals surface area (Å²) in [6.45, 7) is 3.15. The number of aliphatic hydroxyl groups excluding tert-OH is 1. The molecule has 3 atom stereocenters. The Balaban J connectivity index is 1.52. The molecule has 4 rings (SSSR count). The second kappa shape index (κ2) is 10.6. The van der Waals surface area contributed by atoms with Gasteiger partial charge in [-0.2, -0.15) is 5.26 Å². The molecule has 3 heterocycles. The summed E-state index contributed by atoms with van der Waals surface area (Å²) in [4.78, 5) is 7.50. The Hall–Kier alpha value is -3.58. The maximum atomic E-state index is 10.8. The lowest BCUT2D eigenvalue weighted by atomic mass is 10.1. The summed E-state index contributed by atoms with van der Waals surface area (Å²) in [7, 11) is 3.14. The van der Waals surface area contributed by atoms with Crippen LogP contribution in [0.1, 0.15) is 30.5 Å². The van der Waals surface area contributed by atoms with Gasteiger partial charge in [0.2, 0.25) is 0 Å². The SMILES string of the molecule is COc1ccc([C@@H](C)NC(O)/C(C#N)=C/c2c[nH]c3ncc(OC4CCOC4)cc23)cc1OC. The Morgan fingerprint density at radius 1 is 1.32 bits per heavy atom. The smallest absolute Gasteiger partial charge is 0.161 e. The molecule has 0 amide bonds. The van der Waals surface area contributed by atoms with E-state index in [1.165, 1.54) is 0 Å². The van der Waals surface area contributed by atoms with Gasteiger partial charge in [-0.05, 0) is 36.8 Å². The van der Waals surface area contributed by atoms with E-state index in [1.54, 1.807) is 38.8 Å². The van der Waals surface area contributed by atoms with Crippen molar-refractivity contribution in [3.63, 3.8) is 0 Å². The van der Waals surface area contributed by atoms with Crippen LogP contribution in [0.25, 0.3) is 17.1 Å². The third-order valence-corrected chi connectivity index (χ3v) is 5.78. The number of ether oxygens (including phenoxy) is 4. The summed E-state index contributed by atoms with van der Waals surface area (Å²) in [6.07, 6.45) is 4.73. The molecular weight excluding hydrogens is 436 g/mol. The van der Waals surface area contributed by atoms with E-state index in [2.05, 4.69) is 21.4 Å². The molecule has 2 aromatic heterocycles. The van der Waals surface area contributed by atoms with Crippen molar-refractivity contribution in [2.75, 3.05) is 27.4 Å². The third kappa shape index (κ3) is 5.15. The number of methoxy groups -OCH3 is 2. The summed E-state index contributed by atoms with van der Waals surface area (Å²) < 4.78 is 22.0. The molecule has 178 valence electrons. The lowest BCUT2D eigenvalue weighted by Crippen LogP contribution is -2.32. The van der Waals surface area contributed by atoms with Gasteiger partial charge in [0.1, 0.15) is 23.7 Å². The number of H-pyrrole nitrogens is 1. The van der Waals surface area contributed by atoms with Crippen molar-refractivity contribution in [2.45, 2.75) is 31.7 Å². The molecular formula is C25H28N4O5. The topological polar surface area (TPSA) is 122 Å². The number of hydrogen-bond donors (Lipinski definition) is 3. The number of nitrogens with zero attached hydrogens (tertiary/aromatic N) is 2. The number of aliphatic hydroxyl groups is 1. The van der Waals surface area contributed by atoms with Crippen molar-refractivity contribution in [3.8, 4) is 23.3 Å². The van der Waals surface area contributed by atoms with E-state index in [9.17, 15) is 10.4 Å². The number of pyridine rings is 1. The molecule has 1 aliphatic heterocycles. The average molecular weight is 465 g/mol. The molecule has 0 radical (unpaired) electrons.